The Morgan fingerprint density at radius 3 is 2.36 bits per heavy atom. The molecule has 1 aliphatic rings. The largest absolute Gasteiger partial charge is 0.493 e. The molecule has 0 unspecified atom stereocenters. The average Bonchev–Trinajstić information content (AvgIpc) is 2.88. The van der Waals surface area contributed by atoms with Crippen molar-refractivity contribution >= 4 is 5.91 Å². The van der Waals surface area contributed by atoms with Gasteiger partial charge in [-0.15, -0.1) is 0 Å². The van der Waals surface area contributed by atoms with Gasteiger partial charge in [0.15, 0.2) is 11.5 Å². The minimum absolute atomic E-state index is 0.128. The van der Waals surface area contributed by atoms with Crippen molar-refractivity contribution in [3.05, 3.63) is 95.6 Å². The highest BCUT2D eigenvalue weighted by atomic mass is 16.5. The summed E-state index contributed by atoms with van der Waals surface area (Å²) in [5, 5.41) is 3.21. The second-order valence-electron chi connectivity index (χ2n) is 7.99. The first-order valence-corrected chi connectivity index (χ1v) is 11.2. The molecule has 0 radical (unpaired) electrons. The Balaban J connectivity index is 1.46. The Hall–Kier alpha value is -3.35. The quantitative estimate of drug-likeness (QED) is 0.537. The number of nitrogens with zero attached hydrogens (tertiary/aromatic N) is 1. The zero-order valence-corrected chi connectivity index (χ0v) is 18.9. The summed E-state index contributed by atoms with van der Waals surface area (Å²) in [7, 11) is 1.58. The molecule has 1 aliphatic heterocycles. The van der Waals surface area contributed by atoms with E-state index in [1.54, 1.807) is 25.3 Å². The van der Waals surface area contributed by atoms with Crippen LogP contribution < -0.4 is 14.8 Å². The van der Waals surface area contributed by atoms with E-state index in [9.17, 15) is 4.79 Å². The number of hydrogen-bond donors (Lipinski definition) is 1. The van der Waals surface area contributed by atoms with Crippen molar-refractivity contribution in [2.75, 3.05) is 40.0 Å². The molecule has 4 rings (SSSR count). The summed E-state index contributed by atoms with van der Waals surface area (Å²) in [6.07, 6.45) is 0. The van der Waals surface area contributed by atoms with E-state index in [1.165, 1.54) is 0 Å². The molecule has 0 aliphatic carbocycles. The highest BCUT2D eigenvalue weighted by Gasteiger charge is 2.21. The molecular formula is C27H30N2O4. The average molecular weight is 447 g/mol. The molecule has 172 valence electrons. The molecule has 3 aromatic rings. The van der Waals surface area contributed by atoms with Gasteiger partial charge in [-0.25, -0.2) is 0 Å². The van der Waals surface area contributed by atoms with E-state index in [0.717, 1.165) is 44.0 Å². The van der Waals surface area contributed by atoms with Gasteiger partial charge >= 0.3 is 0 Å². The molecule has 0 saturated carbocycles. The summed E-state index contributed by atoms with van der Waals surface area (Å²) in [5.74, 6) is 0.985. The van der Waals surface area contributed by atoms with Crippen molar-refractivity contribution in [2.45, 2.75) is 12.6 Å². The molecule has 0 spiro atoms. The van der Waals surface area contributed by atoms with Crippen molar-refractivity contribution < 1.29 is 19.0 Å². The maximum absolute atomic E-state index is 13.2. The van der Waals surface area contributed by atoms with Crippen molar-refractivity contribution in [2.24, 2.45) is 0 Å². The number of benzene rings is 3. The molecule has 1 heterocycles. The maximum atomic E-state index is 13.2. The van der Waals surface area contributed by atoms with Crippen LogP contribution in [-0.2, 0) is 11.3 Å². The first-order chi connectivity index (χ1) is 16.2. The molecule has 1 atom stereocenters. The third-order valence-corrected chi connectivity index (χ3v) is 5.71. The fraction of sp³-hybridized carbons (Fsp3) is 0.296. The summed E-state index contributed by atoms with van der Waals surface area (Å²) in [6.45, 7) is 4.32. The van der Waals surface area contributed by atoms with Crippen molar-refractivity contribution in [3.8, 4) is 11.5 Å². The maximum Gasteiger partial charge on any atom is 0.251 e. The SMILES string of the molecule is COc1cc(C(=O)N[C@H](CN2CCOCC2)c2ccccc2)ccc1OCc1ccccc1. The highest BCUT2D eigenvalue weighted by molar-refractivity contribution is 5.95. The van der Waals surface area contributed by atoms with E-state index in [2.05, 4.69) is 10.2 Å². The highest BCUT2D eigenvalue weighted by Crippen LogP contribution is 2.29. The summed E-state index contributed by atoms with van der Waals surface area (Å²) in [4.78, 5) is 15.5. The molecule has 3 aromatic carbocycles. The van der Waals surface area contributed by atoms with Crippen molar-refractivity contribution in [3.63, 3.8) is 0 Å². The molecule has 0 aromatic heterocycles. The van der Waals surface area contributed by atoms with Crippen LogP contribution in [0.15, 0.2) is 78.9 Å². The number of hydrogen-bond acceptors (Lipinski definition) is 5. The van der Waals surface area contributed by atoms with E-state index >= 15 is 0 Å². The van der Waals surface area contributed by atoms with Crippen molar-refractivity contribution in [1.29, 1.82) is 0 Å². The topological polar surface area (TPSA) is 60.0 Å². The third-order valence-electron chi connectivity index (χ3n) is 5.71. The zero-order chi connectivity index (χ0) is 22.9. The molecular weight excluding hydrogens is 416 g/mol. The summed E-state index contributed by atoms with van der Waals surface area (Å²) in [6, 6.07) is 25.2. The van der Waals surface area contributed by atoms with Crippen LogP contribution in [-0.4, -0.2) is 50.8 Å². The van der Waals surface area contributed by atoms with Crippen LogP contribution in [0.4, 0.5) is 0 Å². The third kappa shape index (κ3) is 6.34. The molecule has 1 N–H and O–H groups in total. The predicted octanol–water partition coefficient (Wildman–Crippen LogP) is 4.08. The lowest BCUT2D eigenvalue weighted by Crippen LogP contribution is -2.43. The minimum Gasteiger partial charge on any atom is -0.493 e. The van der Waals surface area contributed by atoms with E-state index < -0.39 is 0 Å². The molecule has 0 bridgehead atoms. The monoisotopic (exact) mass is 446 g/mol. The van der Waals surface area contributed by atoms with Gasteiger partial charge in [0.2, 0.25) is 0 Å². The number of ether oxygens (including phenoxy) is 3. The molecule has 1 fully saturated rings. The Morgan fingerprint density at radius 1 is 0.970 bits per heavy atom. The number of methoxy groups -OCH3 is 1. The lowest BCUT2D eigenvalue weighted by atomic mass is 10.0. The Kier molecular flexibility index (Phi) is 7.95. The number of rotatable bonds is 9. The van der Waals surface area contributed by atoms with Gasteiger partial charge in [0.25, 0.3) is 5.91 Å². The predicted molar refractivity (Wildman–Crippen MR) is 128 cm³/mol. The number of carbonyl (C=O) groups is 1. The lowest BCUT2D eigenvalue weighted by molar-refractivity contribution is 0.0332. The lowest BCUT2D eigenvalue weighted by Gasteiger charge is -2.31. The Labute approximate surface area is 195 Å². The number of morpholine rings is 1. The number of nitrogens with one attached hydrogen (secondary N) is 1. The van der Waals surface area contributed by atoms with Crippen LogP contribution in [0, 0.1) is 0 Å². The molecule has 6 nitrogen and oxygen atoms in total. The summed E-state index contributed by atoms with van der Waals surface area (Å²) in [5.41, 5.74) is 2.67. The van der Waals surface area contributed by atoms with Gasteiger partial charge in [-0.2, -0.15) is 0 Å². The fourth-order valence-corrected chi connectivity index (χ4v) is 3.87. The zero-order valence-electron chi connectivity index (χ0n) is 18.9. The number of amides is 1. The van der Waals surface area contributed by atoms with Gasteiger partial charge < -0.3 is 19.5 Å². The van der Waals surface area contributed by atoms with Gasteiger partial charge in [0, 0.05) is 25.2 Å². The second kappa shape index (κ2) is 11.5. The van der Waals surface area contributed by atoms with Crippen LogP contribution in [0.25, 0.3) is 0 Å². The van der Waals surface area contributed by atoms with E-state index in [-0.39, 0.29) is 11.9 Å². The van der Waals surface area contributed by atoms with Crippen LogP contribution >= 0.6 is 0 Å². The van der Waals surface area contributed by atoms with Gasteiger partial charge in [0.05, 0.1) is 26.4 Å². The van der Waals surface area contributed by atoms with E-state index in [0.29, 0.717) is 23.7 Å². The Morgan fingerprint density at radius 2 is 1.67 bits per heavy atom. The van der Waals surface area contributed by atoms with Crippen LogP contribution in [0.1, 0.15) is 27.5 Å². The Bertz CT molecular complexity index is 1020. The molecule has 1 saturated heterocycles. The normalized spacial score (nSPS) is 14.9. The molecule has 6 heteroatoms. The molecule has 1 amide bonds. The fourth-order valence-electron chi connectivity index (χ4n) is 3.87. The minimum atomic E-state index is -0.148. The van der Waals surface area contributed by atoms with Crippen LogP contribution in [0.5, 0.6) is 11.5 Å². The first-order valence-electron chi connectivity index (χ1n) is 11.2. The first kappa shape index (κ1) is 22.8. The van der Waals surface area contributed by atoms with Crippen LogP contribution in [0.3, 0.4) is 0 Å². The van der Waals surface area contributed by atoms with Gasteiger partial charge in [-0.05, 0) is 29.3 Å². The number of carbonyl (C=O) groups excluding carboxylic acids is 1. The van der Waals surface area contributed by atoms with E-state index in [4.69, 9.17) is 14.2 Å². The van der Waals surface area contributed by atoms with Gasteiger partial charge in [-0.1, -0.05) is 60.7 Å². The van der Waals surface area contributed by atoms with Crippen LogP contribution in [0.2, 0.25) is 0 Å². The standard InChI is InChI=1S/C27H30N2O4/c1-31-26-18-23(12-13-25(26)33-20-21-8-4-2-5-9-21)27(30)28-24(22-10-6-3-7-11-22)19-29-14-16-32-17-15-29/h2-13,18,24H,14-17,19-20H2,1H3,(H,28,30)/t24-/m1/s1. The smallest absolute Gasteiger partial charge is 0.251 e. The summed E-state index contributed by atoms with van der Waals surface area (Å²) >= 11 is 0. The van der Waals surface area contributed by atoms with Crippen molar-refractivity contribution in [1.82, 2.24) is 10.2 Å². The van der Waals surface area contributed by atoms with Gasteiger partial charge in [-0.3, -0.25) is 9.69 Å². The second-order valence-corrected chi connectivity index (χ2v) is 7.99. The molecule has 33 heavy (non-hydrogen) atoms. The van der Waals surface area contributed by atoms with Gasteiger partial charge in [0.1, 0.15) is 6.61 Å². The summed E-state index contributed by atoms with van der Waals surface area (Å²) < 4.78 is 16.9. The van der Waals surface area contributed by atoms with E-state index in [1.807, 2.05) is 60.7 Å².